The van der Waals surface area contributed by atoms with Gasteiger partial charge in [-0.1, -0.05) is 6.07 Å². The molecule has 1 atom stereocenters. The Bertz CT molecular complexity index is 481. The summed E-state index contributed by atoms with van der Waals surface area (Å²) in [6, 6.07) is 5.27. The Balaban J connectivity index is 1.88. The van der Waals surface area contributed by atoms with Crippen LogP contribution in [0.1, 0.15) is 31.2 Å². The summed E-state index contributed by atoms with van der Waals surface area (Å²) in [7, 11) is 0. The van der Waals surface area contributed by atoms with Crippen LogP contribution in [0.4, 0.5) is 4.39 Å². The van der Waals surface area contributed by atoms with Crippen LogP contribution in [-0.2, 0) is 11.3 Å². The van der Waals surface area contributed by atoms with E-state index in [4.69, 9.17) is 5.73 Å². The van der Waals surface area contributed by atoms with Crippen molar-refractivity contribution in [2.45, 2.75) is 32.2 Å². The number of likely N-dealkylation sites (tertiary alicyclic amines) is 1. The van der Waals surface area contributed by atoms with Crippen LogP contribution < -0.4 is 5.73 Å². The van der Waals surface area contributed by atoms with E-state index >= 15 is 0 Å². The number of carbonyl (C=O) groups excluding carboxylic acids is 1. The van der Waals surface area contributed by atoms with Crippen LogP contribution in [0, 0.1) is 11.7 Å². The van der Waals surface area contributed by atoms with Crippen molar-refractivity contribution in [3.63, 3.8) is 0 Å². The van der Waals surface area contributed by atoms with Crippen molar-refractivity contribution in [1.82, 2.24) is 4.90 Å². The molecule has 2 N–H and O–H groups in total. The number of primary amides is 1. The first-order valence-electron chi connectivity index (χ1n) is 6.99. The number of benzene rings is 1. The highest BCUT2D eigenvalue weighted by molar-refractivity contribution is 9.10. The molecule has 1 aliphatic rings. The molecule has 5 heteroatoms. The summed E-state index contributed by atoms with van der Waals surface area (Å²) < 4.78 is 14.0. The van der Waals surface area contributed by atoms with Crippen LogP contribution in [0.25, 0.3) is 0 Å². The Labute approximate surface area is 127 Å². The summed E-state index contributed by atoms with van der Waals surface area (Å²) in [4.78, 5) is 13.2. The highest BCUT2D eigenvalue weighted by Crippen LogP contribution is 2.23. The molecule has 3 nitrogen and oxygen atoms in total. The summed E-state index contributed by atoms with van der Waals surface area (Å²) >= 11 is 3.17. The van der Waals surface area contributed by atoms with Crippen molar-refractivity contribution in [2.24, 2.45) is 11.7 Å². The SMILES string of the molecule is NC(=O)CCC1CCCN(Cc2ccc(Br)c(F)c2)C1. The molecule has 0 saturated carbocycles. The molecule has 0 aromatic heterocycles. The van der Waals surface area contributed by atoms with Crippen LogP contribution in [0.5, 0.6) is 0 Å². The molecular weight excluding hydrogens is 323 g/mol. The molecule has 0 radical (unpaired) electrons. The van der Waals surface area contributed by atoms with Gasteiger partial charge in [0.1, 0.15) is 5.82 Å². The van der Waals surface area contributed by atoms with Gasteiger partial charge in [-0.25, -0.2) is 4.39 Å². The number of hydrogen-bond acceptors (Lipinski definition) is 2. The zero-order valence-corrected chi connectivity index (χ0v) is 13.0. The minimum Gasteiger partial charge on any atom is -0.370 e. The molecule has 0 spiro atoms. The van der Waals surface area contributed by atoms with Crippen molar-refractivity contribution < 1.29 is 9.18 Å². The molecule has 1 amide bonds. The van der Waals surface area contributed by atoms with Crippen LogP contribution in [-0.4, -0.2) is 23.9 Å². The van der Waals surface area contributed by atoms with Gasteiger partial charge >= 0.3 is 0 Å². The third-order valence-electron chi connectivity index (χ3n) is 3.79. The summed E-state index contributed by atoms with van der Waals surface area (Å²) in [5.41, 5.74) is 6.19. The van der Waals surface area contributed by atoms with Gasteiger partial charge < -0.3 is 5.73 Å². The first-order chi connectivity index (χ1) is 9.54. The van der Waals surface area contributed by atoms with E-state index in [1.54, 1.807) is 12.1 Å². The topological polar surface area (TPSA) is 46.3 Å². The number of halogens is 2. The maximum Gasteiger partial charge on any atom is 0.217 e. The molecule has 2 rings (SSSR count). The molecule has 1 fully saturated rings. The van der Waals surface area contributed by atoms with E-state index in [0.29, 0.717) is 16.8 Å². The Hall–Kier alpha value is -0.940. The second-order valence-electron chi connectivity index (χ2n) is 5.50. The quantitative estimate of drug-likeness (QED) is 0.893. The zero-order chi connectivity index (χ0) is 14.5. The maximum atomic E-state index is 13.5. The van der Waals surface area contributed by atoms with Crippen molar-refractivity contribution in [3.05, 3.63) is 34.1 Å². The third kappa shape index (κ3) is 4.56. The van der Waals surface area contributed by atoms with Gasteiger partial charge in [-0.3, -0.25) is 9.69 Å². The number of nitrogens with two attached hydrogens (primary N) is 1. The van der Waals surface area contributed by atoms with Crippen molar-refractivity contribution in [2.75, 3.05) is 13.1 Å². The molecule has 1 saturated heterocycles. The van der Waals surface area contributed by atoms with Crippen molar-refractivity contribution in [3.8, 4) is 0 Å². The molecule has 0 aliphatic carbocycles. The molecule has 20 heavy (non-hydrogen) atoms. The predicted octanol–water partition coefficient (Wildman–Crippen LogP) is 3.07. The smallest absolute Gasteiger partial charge is 0.217 e. The van der Waals surface area contributed by atoms with E-state index in [9.17, 15) is 9.18 Å². The number of rotatable bonds is 5. The van der Waals surface area contributed by atoms with Gasteiger partial charge in [0.05, 0.1) is 4.47 Å². The molecule has 1 aliphatic heterocycles. The van der Waals surface area contributed by atoms with Crippen LogP contribution >= 0.6 is 15.9 Å². The lowest BCUT2D eigenvalue weighted by Crippen LogP contribution is -2.35. The number of carbonyl (C=O) groups is 1. The Kier molecular flexibility index (Phi) is 5.54. The highest BCUT2D eigenvalue weighted by Gasteiger charge is 2.20. The van der Waals surface area contributed by atoms with E-state index in [0.717, 1.165) is 44.5 Å². The number of piperidine rings is 1. The van der Waals surface area contributed by atoms with Gasteiger partial charge in [0, 0.05) is 19.5 Å². The average Bonchev–Trinajstić information content (AvgIpc) is 2.41. The van der Waals surface area contributed by atoms with Gasteiger partial charge in [-0.15, -0.1) is 0 Å². The van der Waals surface area contributed by atoms with E-state index in [-0.39, 0.29) is 11.7 Å². The fourth-order valence-corrected chi connectivity index (χ4v) is 3.02. The Morgan fingerprint density at radius 3 is 3.00 bits per heavy atom. The molecule has 1 aromatic carbocycles. The van der Waals surface area contributed by atoms with Crippen molar-refractivity contribution >= 4 is 21.8 Å². The van der Waals surface area contributed by atoms with Gasteiger partial charge in [0.2, 0.25) is 5.91 Å². The number of nitrogens with zero attached hydrogens (tertiary/aromatic N) is 1. The minimum absolute atomic E-state index is 0.218. The van der Waals surface area contributed by atoms with E-state index in [2.05, 4.69) is 20.8 Å². The molecular formula is C15H20BrFN2O. The largest absolute Gasteiger partial charge is 0.370 e. The number of amides is 1. The Morgan fingerprint density at radius 2 is 2.30 bits per heavy atom. The molecule has 0 bridgehead atoms. The summed E-state index contributed by atoms with van der Waals surface area (Å²) in [5.74, 6) is 0.0819. The van der Waals surface area contributed by atoms with E-state index in [1.807, 2.05) is 6.07 Å². The summed E-state index contributed by atoms with van der Waals surface area (Å²) in [6.45, 7) is 2.76. The first-order valence-corrected chi connectivity index (χ1v) is 7.78. The summed E-state index contributed by atoms with van der Waals surface area (Å²) in [6.07, 6.45) is 3.60. The lowest BCUT2D eigenvalue weighted by Gasteiger charge is -2.32. The summed E-state index contributed by atoms with van der Waals surface area (Å²) in [5, 5.41) is 0. The lowest BCUT2D eigenvalue weighted by molar-refractivity contribution is -0.118. The third-order valence-corrected chi connectivity index (χ3v) is 4.44. The standard InChI is InChI=1S/C15H20BrFN2O/c16-13-5-3-12(8-14(13)17)10-19-7-1-2-11(9-19)4-6-15(18)20/h3,5,8,11H,1-2,4,6-7,9-10H2,(H2,18,20). The first kappa shape index (κ1) is 15.4. The van der Waals surface area contributed by atoms with Gasteiger partial charge in [0.15, 0.2) is 0 Å². The second-order valence-corrected chi connectivity index (χ2v) is 6.35. The van der Waals surface area contributed by atoms with Gasteiger partial charge in [-0.2, -0.15) is 0 Å². The van der Waals surface area contributed by atoms with E-state index in [1.165, 1.54) is 0 Å². The van der Waals surface area contributed by atoms with Crippen LogP contribution in [0.3, 0.4) is 0 Å². The predicted molar refractivity (Wildman–Crippen MR) is 80.5 cm³/mol. The molecule has 110 valence electrons. The fourth-order valence-electron chi connectivity index (χ4n) is 2.77. The second kappa shape index (κ2) is 7.18. The van der Waals surface area contributed by atoms with Crippen molar-refractivity contribution in [1.29, 1.82) is 0 Å². The molecule has 1 unspecified atom stereocenters. The minimum atomic E-state index is -0.225. The number of hydrogen-bond donors (Lipinski definition) is 1. The Morgan fingerprint density at radius 1 is 1.50 bits per heavy atom. The normalized spacial score (nSPS) is 20.0. The zero-order valence-electron chi connectivity index (χ0n) is 11.4. The molecule has 1 heterocycles. The highest BCUT2D eigenvalue weighted by atomic mass is 79.9. The van der Waals surface area contributed by atoms with Crippen LogP contribution in [0.2, 0.25) is 0 Å². The van der Waals surface area contributed by atoms with Gasteiger partial charge in [0.25, 0.3) is 0 Å². The van der Waals surface area contributed by atoms with Gasteiger partial charge in [-0.05, 0) is 65.4 Å². The fraction of sp³-hybridized carbons (Fsp3) is 0.533. The maximum absolute atomic E-state index is 13.5. The lowest BCUT2D eigenvalue weighted by atomic mass is 9.93. The average molecular weight is 343 g/mol. The van der Waals surface area contributed by atoms with E-state index < -0.39 is 0 Å². The monoisotopic (exact) mass is 342 g/mol. The van der Waals surface area contributed by atoms with Crippen LogP contribution in [0.15, 0.2) is 22.7 Å². The molecule has 1 aromatic rings.